The van der Waals surface area contributed by atoms with E-state index < -0.39 is 0 Å². The highest BCUT2D eigenvalue weighted by Crippen LogP contribution is 2.22. The van der Waals surface area contributed by atoms with Crippen molar-refractivity contribution in [1.29, 1.82) is 0 Å². The fourth-order valence-corrected chi connectivity index (χ4v) is 2.30. The minimum Gasteiger partial charge on any atom is -0.384 e. The first kappa shape index (κ1) is 11.0. The second kappa shape index (κ2) is 4.97. The van der Waals surface area contributed by atoms with Gasteiger partial charge in [0.05, 0.1) is 6.61 Å². The Morgan fingerprint density at radius 3 is 2.62 bits per heavy atom. The van der Waals surface area contributed by atoms with E-state index in [9.17, 15) is 0 Å². The van der Waals surface area contributed by atoms with Gasteiger partial charge >= 0.3 is 0 Å². The number of hydrogen-bond acceptors (Lipinski definition) is 2. The fraction of sp³-hybridized carbons (Fsp3) is 1.00. The van der Waals surface area contributed by atoms with Gasteiger partial charge in [-0.25, -0.2) is 0 Å². The quantitative estimate of drug-likeness (QED) is 0.667. The van der Waals surface area contributed by atoms with Gasteiger partial charge in [-0.1, -0.05) is 6.92 Å². The molecule has 1 saturated heterocycles. The van der Waals surface area contributed by atoms with Crippen molar-refractivity contribution in [2.45, 2.75) is 33.2 Å². The molecular formula is C11H23NO. The zero-order chi connectivity index (χ0) is 9.84. The second-order valence-electron chi connectivity index (χ2n) is 4.71. The van der Waals surface area contributed by atoms with Gasteiger partial charge in [0.1, 0.15) is 0 Å². The highest BCUT2D eigenvalue weighted by atomic mass is 16.5. The number of rotatable bonds is 3. The SMILES string of the molecule is COCC1CC(C)CN(C(C)C)C1. The third-order valence-electron chi connectivity index (χ3n) is 2.91. The van der Waals surface area contributed by atoms with Crippen LogP contribution in [0.25, 0.3) is 0 Å². The highest BCUT2D eigenvalue weighted by molar-refractivity contribution is 4.78. The molecule has 0 aromatic heterocycles. The zero-order valence-electron chi connectivity index (χ0n) is 9.42. The Balaban J connectivity index is 2.42. The third kappa shape index (κ3) is 3.28. The Morgan fingerprint density at radius 2 is 2.08 bits per heavy atom. The summed E-state index contributed by atoms with van der Waals surface area (Å²) in [5.41, 5.74) is 0. The lowest BCUT2D eigenvalue weighted by atomic mass is 9.90. The number of hydrogen-bond donors (Lipinski definition) is 0. The summed E-state index contributed by atoms with van der Waals surface area (Å²) in [6, 6.07) is 0.683. The van der Waals surface area contributed by atoms with Crippen molar-refractivity contribution >= 4 is 0 Å². The summed E-state index contributed by atoms with van der Waals surface area (Å²) in [5, 5.41) is 0. The molecule has 2 atom stereocenters. The van der Waals surface area contributed by atoms with Crippen molar-refractivity contribution < 1.29 is 4.74 Å². The van der Waals surface area contributed by atoms with Gasteiger partial charge in [0.15, 0.2) is 0 Å². The molecule has 1 fully saturated rings. The minimum absolute atomic E-state index is 0.683. The molecule has 2 heteroatoms. The van der Waals surface area contributed by atoms with Crippen LogP contribution in [0.4, 0.5) is 0 Å². The van der Waals surface area contributed by atoms with Crippen LogP contribution < -0.4 is 0 Å². The standard InChI is InChI=1S/C11H23NO/c1-9(2)12-6-10(3)5-11(7-12)8-13-4/h9-11H,5-8H2,1-4H3. The molecule has 13 heavy (non-hydrogen) atoms. The second-order valence-corrected chi connectivity index (χ2v) is 4.71. The van der Waals surface area contributed by atoms with Gasteiger partial charge in [-0.15, -0.1) is 0 Å². The van der Waals surface area contributed by atoms with Gasteiger partial charge in [-0.3, -0.25) is 0 Å². The first-order chi connectivity index (χ1) is 6.13. The largest absolute Gasteiger partial charge is 0.384 e. The lowest BCUT2D eigenvalue weighted by molar-refractivity contribution is 0.0531. The van der Waals surface area contributed by atoms with E-state index in [1.165, 1.54) is 19.5 Å². The lowest BCUT2D eigenvalue weighted by Gasteiger charge is -2.38. The van der Waals surface area contributed by atoms with Crippen LogP contribution in [0, 0.1) is 11.8 Å². The van der Waals surface area contributed by atoms with Gasteiger partial charge in [-0.2, -0.15) is 0 Å². The molecule has 78 valence electrons. The predicted octanol–water partition coefficient (Wildman–Crippen LogP) is 2.00. The number of methoxy groups -OCH3 is 1. The average Bonchev–Trinajstić information content (AvgIpc) is 2.03. The van der Waals surface area contributed by atoms with E-state index in [-0.39, 0.29) is 0 Å². The van der Waals surface area contributed by atoms with Crippen LogP contribution in [-0.4, -0.2) is 37.7 Å². The van der Waals surface area contributed by atoms with Crippen LogP contribution >= 0.6 is 0 Å². The minimum atomic E-state index is 0.683. The summed E-state index contributed by atoms with van der Waals surface area (Å²) in [6.45, 7) is 10.3. The molecule has 2 nitrogen and oxygen atoms in total. The molecule has 1 rings (SSSR count). The van der Waals surface area contributed by atoms with Gasteiger partial charge < -0.3 is 9.64 Å². The van der Waals surface area contributed by atoms with Gasteiger partial charge in [0.2, 0.25) is 0 Å². The summed E-state index contributed by atoms with van der Waals surface area (Å²) < 4.78 is 5.23. The van der Waals surface area contributed by atoms with E-state index in [1.54, 1.807) is 7.11 Å². The Morgan fingerprint density at radius 1 is 1.38 bits per heavy atom. The van der Waals surface area contributed by atoms with E-state index in [0.717, 1.165) is 18.4 Å². The summed E-state index contributed by atoms with van der Waals surface area (Å²) >= 11 is 0. The molecule has 1 heterocycles. The number of piperidine rings is 1. The summed E-state index contributed by atoms with van der Waals surface area (Å²) in [5.74, 6) is 1.58. The maximum atomic E-state index is 5.23. The van der Waals surface area contributed by atoms with E-state index >= 15 is 0 Å². The summed E-state index contributed by atoms with van der Waals surface area (Å²) in [7, 11) is 1.80. The monoisotopic (exact) mass is 185 g/mol. The smallest absolute Gasteiger partial charge is 0.0502 e. The Kier molecular flexibility index (Phi) is 4.20. The topological polar surface area (TPSA) is 12.5 Å². The van der Waals surface area contributed by atoms with Crippen LogP contribution in [0.3, 0.4) is 0 Å². The van der Waals surface area contributed by atoms with Crippen LogP contribution in [0.2, 0.25) is 0 Å². The third-order valence-corrected chi connectivity index (χ3v) is 2.91. The van der Waals surface area contributed by atoms with Gasteiger partial charge in [0, 0.05) is 26.2 Å². The van der Waals surface area contributed by atoms with Crippen molar-refractivity contribution in [1.82, 2.24) is 4.90 Å². The summed E-state index contributed by atoms with van der Waals surface area (Å²) in [4.78, 5) is 2.57. The first-order valence-corrected chi connectivity index (χ1v) is 5.36. The Labute approximate surface area is 82.3 Å². The molecule has 0 bridgehead atoms. The van der Waals surface area contributed by atoms with Crippen LogP contribution in [0.5, 0.6) is 0 Å². The molecule has 1 aliphatic heterocycles. The van der Waals surface area contributed by atoms with E-state index in [4.69, 9.17) is 4.74 Å². The van der Waals surface area contributed by atoms with E-state index in [0.29, 0.717) is 6.04 Å². The Hall–Kier alpha value is -0.0800. The molecule has 0 aliphatic carbocycles. The molecule has 0 N–H and O–H groups in total. The maximum absolute atomic E-state index is 5.23. The molecule has 0 amide bonds. The van der Waals surface area contributed by atoms with Crippen molar-refractivity contribution in [2.75, 3.05) is 26.8 Å². The Bertz CT molecular complexity index is 147. The van der Waals surface area contributed by atoms with Gasteiger partial charge in [-0.05, 0) is 32.1 Å². The number of likely N-dealkylation sites (tertiary alicyclic amines) is 1. The highest BCUT2D eigenvalue weighted by Gasteiger charge is 2.25. The fourth-order valence-electron chi connectivity index (χ4n) is 2.30. The van der Waals surface area contributed by atoms with Gasteiger partial charge in [0.25, 0.3) is 0 Å². The average molecular weight is 185 g/mol. The molecule has 0 aromatic rings. The molecular weight excluding hydrogens is 162 g/mol. The van der Waals surface area contributed by atoms with Crippen LogP contribution in [-0.2, 0) is 4.74 Å². The first-order valence-electron chi connectivity index (χ1n) is 5.36. The van der Waals surface area contributed by atoms with Crippen LogP contribution in [0.15, 0.2) is 0 Å². The molecule has 0 spiro atoms. The molecule has 0 aromatic carbocycles. The predicted molar refractivity (Wildman–Crippen MR) is 55.9 cm³/mol. The lowest BCUT2D eigenvalue weighted by Crippen LogP contribution is -2.44. The normalized spacial score (nSPS) is 31.2. The maximum Gasteiger partial charge on any atom is 0.0502 e. The summed E-state index contributed by atoms with van der Waals surface area (Å²) in [6.07, 6.45) is 1.33. The van der Waals surface area contributed by atoms with Crippen LogP contribution in [0.1, 0.15) is 27.2 Å². The molecule has 1 aliphatic rings. The van der Waals surface area contributed by atoms with E-state index in [1.807, 2.05) is 0 Å². The molecule has 0 saturated carbocycles. The van der Waals surface area contributed by atoms with Crippen molar-refractivity contribution in [3.63, 3.8) is 0 Å². The molecule has 2 unspecified atom stereocenters. The zero-order valence-corrected chi connectivity index (χ0v) is 9.42. The van der Waals surface area contributed by atoms with Crippen molar-refractivity contribution in [3.05, 3.63) is 0 Å². The van der Waals surface area contributed by atoms with Crippen molar-refractivity contribution in [3.8, 4) is 0 Å². The van der Waals surface area contributed by atoms with Crippen molar-refractivity contribution in [2.24, 2.45) is 11.8 Å². The number of ether oxygens (including phenoxy) is 1. The number of nitrogens with zero attached hydrogens (tertiary/aromatic N) is 1. The molecule has 0 radical (unpaired) electrons. The van der Waals surface area contributed by atoms with E-state index in [2.05, 4.69) is 25.7 Å².